The lowest BCUT2D eigenvalue weighted by molar-refractivity contribution is 0.101. The average molecular weight is 488 g/mol. The number of piperazine rings is 1. The summed E-state index contributed by atoms with van der Waals surface area (Å²) in [6.07, 6.45) is 0. The minimum absolute atomic E-state index is 0.0433. The van der Waals surface area contributed by atoms with Gasteiger partial charge in [-0.15, -0.1) is 0 Å². The normalized spacial score (nSPS) is 14.2. The third-order valence-corrected chi connectivity index (χ3v) is 7.41. The van der Waals surface area contributed by atoms with E-state index < -0.39 is 10.0 Å². The quantitative estimate of drug-likeness (QED) is 0.411. The van der Waals surface area contributed by atoms with Crippen LogP contribution >= 0.6 is 0 Å². The molecule has 35 heavy (non-hydrogen) atoms. The SMILES string of the molecule is CC(=O)c1ccc(N2CCN(c3nc4ccccc4nc3NS(=O)(=O)c3ccccc3)CC2)cc1. The van der Waals surface area contributed by atoms with Gasteiger partial charge in [0.25, 0.3) is 10.0 Å². The number of hydrogen-bond acceptors (Lipinski definition) is 7. The zero-order chi connectivity index (χ0) is 24.4. The number of Topliss-reactive ketones (excluding diaryl/α,β-unsaturated/α-hetero) is 1. The van der Waals surface area contributed by atoms with Crippen molar-refractivity contribution in [2.24, 2.45) is 0 Å². The number of sulfonamides is 1. The van der Waals surface area contributed by atoms with Crippen molar-refractivity contribution in [2.75, 3.05) is 40.7 Å². The molecule has 0 bridgehead atoms. The molecule has 0 radical (unpaired) electrons. The van der Waals surface area contributed by atoms with Crippen LogP contribution in [0.5, 0.6) is 0 Å². The van der Waals surface area contributed by atoms with Gasteiger partial charge in [0.15, 0.2) is 17.4 Å². The van der Waals surface area contributed by atoms with Gasteiger partial charge in [-0.3, -0.25) is 9.52 Å². The molecule has 1 aliphatic rings. The molecule has 4 aromatic rings. The molecule has 1 aliphatic heterocycles. The van der Waals surface area contributed by atoms with Gasteiger partial charge in [0.2, 0.25) is 0 Å². The molecule has 0 amide bonds. The van der Waals surface area contributed by atoms with Crippen LogP contribution in [0.4, 0.5) is 17.3 Å². The van der Waals surface area contributed by atoms with E-state index in [9.17, 15) is 13.2 Å². The van der Waals surface area contributed by atoms with Gasteiger partial charge in [-0.05, 0) is 55.5 Å². The fourth-order valence-electron chi connectivity index (χ4n) is 4.15. The lowest BCUT2D eigenvalue weighted by atomic mass is 10.1. The molecule has 1 aromatic heterocycles. The topological polar surface area (TPSA) is 95.5 Å². The van der Waals surface area contributed by atoms with Gasteiger partial charge >= 0.3 is 0 Å². The molecule has 0 atom stereocenters. The lowest BCUT2D eigenvalue weighted by Crippen LogP contribution is -2.47. The fourth-order valence-corrected chi connectivity index (χ4v) is 5.17. The molecule has 0 unspecified atom stereocenters. The highest BCUT2D eigenvalue weighted by atomic mass is 32.2. The molecule has 1 fully saturated rings. The van der Waals surface area contributed by atoms with Crippen LogP contribution < -0.4 is 14.5 Å². The van der Waals surface area contributed by atoms with Crippen molar-refractivity contribution in [2.45, 2.75) is 11.8 Å². The zero-order valence-electron chi connectivity index (χ0n) is 19.3. The van der Waals surface area contributed by atoms with Crippen molar-refractivity contribution in [3.63, 3.8) is 0 Å². The first-order chi connectivity index (χ1) is 16.9. The Kier molecular flexibility index (Phi) is 6.08. The number of carbonyl (C=O) groups is 1. The molecule has 0 spiro atoms. The van der Waals surface area contributed by atoms with Crippen molar-refractivity contribution >= 4 is 44.2 Å². The summed E-state index contributed by atoms with van der Waals surface area (Å²) < 4.78 is 28.8. The zero-order valence-corrected chi connectivity index (χ0v) is 20.1. The van der Waals surface area contributed by atoms with E-state index in [0.717, 1.165) is 18.8 Å². The molecule has 1 N–H and O–H groups in total. The largest absolute Gasteiger partial charge is 0.368 e. The first-order valence-electron chi connectivity index (χ1n) is 11.4. The second-order valence-electron chi connectivity index (χ2n) is 8.38. The summed E-state index contributed by atoms with van der Waals surface area (Å²) in [4.78, 5) is 25.4. The van der Waals surface area contributed by atoms with Crippen LogP contribution in [-0.4, -0.2) is 50.3 Å². The fraction of sp³-hybridized carbons (Fsp3) is 0.192. The van der Waals surface area contributed by atoms with Gasteiger partial charge in [0, 0.05) is 37.4 Å². The van der Waals surface area contributed by atoms with Crippen LogP contribution in [0.25, 0.3) is 11.0 Å². The van der Waals surface area contributed by atoms with Crippen molar-refractivity contribution in [1.82, 2.24) is 9.97 Å². The number of ketones is 1. The molecule has 0 saturated carbocycles. The van der Waals surface area contributed by atoms with Crippen LogP contribution in [0.2, 0.25) is 0 Å². The van der Waals surface area contributed by atoms with Gasteiger partial charge in [-0.1, -0.05) is 30.3 Å². The molecule has 1 saturated heterocycles. The number of nitrogens with one attached hydrogen (secondary N) is 1. The third-order valence-electron chi connectivity index (χ3n) is 6.05. The number of hydrogen-bond donors (Lipinski definition) is 1. The van der Waals surface area contributed by atoms with E-state index in [-0.39, 0.29) is 16.5 Å². The maximum absolute atomic E-state index is 13.1. The minimum Gasteiger partial charge on any atom is -0.368 e. The van der Waals surface area contributed by atoms with Crippen molar-refractivity contribution in [3.8, 4) is 0 Å². The second-order valence-corrected chi connectivity index (χ2v) is 10.1. The van der Waals surface area contributed by atoms with Crippen LogP contribution in [0.3, 0.4) is 0 Å². The summed E-state index contributed by atoms with van der Waals surface area (Å²) in [5.74, 6) is 0.767. The number of rotatable bonds is 6. The maximum Gasteiger partial charge on any atom is 0.263 e. The third kappa shape index (κ3) is 4.81. The number of aromatic nitrogens is 2. The van der Waals surface area contributed by atoms with Gasteiger partial charge in [0.05, 0.1) is 15.9 Å². The number of nitrogens with zero attached hydrogens (tertiary/aromatic N) is 4. The maximum atomic E-state index is 13.1. The number of carbonyl (C=O) groups excluding carboxylic acids is 1. The van der Waals surface area contributed by atoms with Crippen molar-refractivity contribution < 1.29 is 13.2 Å². The van der Waals surface area contributed by atoms with Gasteiger partial charge in [-0.2, -0.15) is 0 Å². The molecule has 178 valence electrons. The molecule has 8 nitrogen and oxygen atoms in total. The Bertz CT molecular complexity index is 1470. The summed E-state index contributed by atoms with van der Waals surface area (Å²) in [6, 6.07) is 23.3. The first kappa shape index (κ1) is 22.8. The van der Waals surface area contributed by atoms with E-state index in [1.807, 2.05) is 48.5 Å². The summed E-state index contributed by atoms with van der Waals surface area (Å²) in [6.45, 7) is 4.28. The Labute approximate surface area is 204 Å². The Morgan fingerprint density at radius 3 is 1.97 bits per heavy atom. The predicted molar refractivity (Wildman–Crippen MR) is 138 cm³/mol. The number of fused-ring (bicyclic) bond motifs is 1. The molecular weight excluding hydrogens is 462 g/mol. The van der Waals surface area contributed by atoms with Gasteiger partial charge < -0.3 is 9.80 Å². The highest BCUT2D eigenvalue weighted by Gasteiger charge is 2.25. The lowest BCUT2D eigenvalue weighted by Gasteiger charge is -2.37. The number of anilines is 3. The van der Waals surface area contributed by atoms with Gasteiger partial charge in [-0.25, -0.2) is 18.4 Å². The Morgan fingerprint density at radius 2 is 1.34 bits per heavy atom. The summed E-state index contributed by atoms with van der Waals surface area (Å²) in [7, 11) is -3.83. The van der Waals surface area contributed by atoms with Crippen LogP contribution in [0.1, 0.15) is 17.3 Å². The summed E-state index contributed by atoms with van der Waals surface area (Å²) in [5.41, 5.74) is 3.05. The Hall–Kier alpha value is -3.98. The average Bonchev–Trinajstić information content (AvgIpc) is 2.89. The Balaban J connectivity index is 1.42. The van der Waals surface area contributed by atoms with E-state index in [4.69, 9.17) is 4.98 Å². The van der Waals surface area contributed by atoms with Crippen LogP contribution in [0, 0.1) is 0 Å². The second kappa shape index (κ2) is 9.34. The summed E-state index contributed by atoms with van der Waals surface area (Å²) >= 11 is 0. The first-order valence-corrected chi connectivity index (χ1v) is 12.8. The monoisotopic (exact) mass is 487 g/mol. The standard InChI is InChI=1S/C26H25N5O3S/c1-19(32)20-11-13-21(14-12-20)30-15-17-31(18-16-30)26-25(27-23-9-5-6-10-24(23)28-26)29-35(33,34)22-7-3-2-4-8-22/h2-14H,15-18H2,1H3,(H,27,29). The smallest absolute Gasteiger partial charge is 0.263 e. The van der Waals surface area contributed by atoms with E-state index >= 15 is 0 Å². The summed E-state index contributed by atoms with van der Waals surface area (Å²) in [5, 5.41) is 0. The molecule has 2 heterocycles. The minimum atomic E-state index is -3.83. The highest BCUT2D eigenvalue weighted by molar-refractivity contribution is 7.92. The molecule has 3 aromatic carbocycles. The number of para-hydroxylation sites is 2. The predicted octanol–water partition coefficient (Wildman–Crippen LogP) is 3.96. The van der Waals surface area contributed by atoms with Crippen molar-refractivity contribution in [1.29, 1.82) is 0 Å². The Morgan fingerprint density at radius 1 is 0.771 bits per heavy atom. The molecule has 9 heteroatoms. The highest BCUT2D eigenvalue weighted by Crippen LogP contribution is 2.29. The molecular formula is C26H25N5O3S. The van der Waals surface area contributed by atoms with E-state index in [2.05, 4.69) is 19.5 Å². The van der Waals surface area contributed by atoms with Crippen molar-refractivity contribution in [3.05, 3.63) is 84.4 Å². The number of benzene rings is 3. The van der Waals surface area contributed by atoms with E-state index in [0.29, 0.717) is 35.5 Å². The molecule has 0 aliphatic carbocycles. The van der Waals surface area contributed by atoms with Crippen LogP contribution in [0.15, 0.2) is 83.8 Å². The van der Waals surface area contributed by atoms with Gasteiger partial charge in [0.1, 0.15) is 0 Å². The van der Waals surface area contributed by atoms with Crippen LogP contribution in [-0.2, 0) is 10.0 Å². The molecule has 5 rings (SSSR count). The van der Waals surface area contributed by atoms with E-state index in [1.54, 1.807) is 37.3 Å². The van der Waals surface area contributed by atoms with E-state index in [1.165, 1.54) is 0 Å².